The molecule has 260 valence electrons. The highest BCUT2D eigenvalue weighted by atomic mass is 35.5. The van der Waals surface area contributed by atoms with Crippen LogP contribution in [0.4, 0.5) is 0 Å². The van der Waals surface area contributed by atoms with Gasteiger partial charge in [0.25, 0.3) is 15.9 Å². The average molecular weight is 726 g/mol. The van der Waals surface area contributed by atoms with Crippen LogP contribution in [-0.2, 0) is 50.4 Å². The molecule has 1 atom stereocenters. The van der Waals surface area contributed by atoms with Gasteiger partial charge in [-0.25, -0.2) is 18.1 Å². The molecular weight excluding hydrogens is 686 g/mol. The minimum Gasteiger partial charge on any atom is -0.390 e. The molecule has 0 saturated carbocycles. The molecule has 1 unspecified atom stereocenters. The summed E-state index contributed by atoms with van der Waals surface area (Å²) in [5, 5.41) is 15.0. The van der Waals surface area contributed by atoms with Crippen molar-refractivity contribution >= 4 is 52.0 Å². The lowest BCUT2D eigenvalue weighted by Gasteiger charge is -2.15. The van der Waals surface area contributed by atoms with Gasteiger partial charge in [0.1, 0.15) is 5.82 Å². The maximum atomic E-state index is 13.3. The first-order chi connectivity index (χ1) is 23.6. The summed E-state index contributed by atoms with van der Waals surface area (Å²) < 4.78 is 30.5. The van der Waals surface area contributed by atoms with Gasteiger partial charge < -0.3 is 20.3 Å². The molecule has 4 aromatic rings. The summed E-state index contributed by atoms with van der Waals surface area (Å²) in [5.41, 5.74) is 3.36. The number of thiol groups is 1. The summed E-state index contributed by atoms with van der Waals surface area (Å²) in [4.78, 5) is 41.8. The van der Waals surface area contributed by atoms with Crippen LogP contribution in [0.5, 0.6) is 0 Å². The number of hydrogen-bond donors (Lipinski definition) is 5. The monoisotopic (exact) mass is 725 g/mol. The molecule has 0 aliphatic heterocycles. The number of rotatable bonds is 17. The van der Waals surface area contributed by atoms with Crippen molar-refractivity contribution < 1.29 is 27.9 Å². The van der Waals surface area contributed by atoms with E-state index in [-0.39, 0.29) is 34.9 Å². The van der Waals surface area contributed by atoms with Gasteiger partial charge in [-0.2, -0.15) is 12.6 Å². The smallest absolute Gasteiger partial charge is 0.264 e. The van der Waals surface area contributed by atoms with E-state index in [2.05, 4.69) is 35.2 Å². The molecule has 0 spiro atoms. The molecular formula is C35H40ClN5O6S2. The Morgan fingerprint density at radius 1 is 0.918 bits per heavy atom. The number of benzene rings is 3. The summed E-state index contributed by atoms with van der Waals surface area (Å²) in [6.07, 6.45) is 3.08. The van der Waals surface area contributed by atoms with Crippen LogP contribution in [0.3, 0.4) is 0 Å². The number of aryl methyl sites for hydroxylation is 1. The van der Waals surface area contributed by atoms with Crippen LogP contribution in [0.2, 0.25) is 5.15 Å². The van der Waals surface area contributed by atoms with Crippen LogP contribution < -0.4 is 15.4 Å². The van der Waals surface area contributed by atoms with Crippen molar-refractivity contribution in [2.45, 2.75) is 50.7 Å². The highest BCUT2D eigenvalue weighted by molar-refractivity contribution is 7.90. The van der Waals surface area contributed by atoms with Crippen molar-refractivity contribution in [2.75, 3.05) is 18.8 Å². The Bertz CT molecular complexity index is 1850. The molecule has 0 fully saturated rings. The molecule has 4 rings (SSSR count). The highest BCUT2D eigenvalue weighted by Crippen LogP contribution is 2.28. The molecule has 1 aromatic heterocycles. The Morgan fingerprint density at radius 3 is 2.27 bits per heavy atom. The zero-order chi connectivity index (χ0) is 35.4. The second-order valence-corrected chi connectivity index (χ2v) is 13.8. The maximum absolute atomic E-state index is 13.3. The fourth-order valence-corrected chi connectivity index (χ4v) is 6.98. The van der Waals surface area contributed by atoms with Gasteiger partial charge in [-0.15, -0.1) is 0 Å². The van der Waals surface area contributed by atoms with E-state index in [0.717, 1.165) is 36.2 Å². The normalized spacial score (nSPS) is 11.9. The molecule has 4 N–H and O–H groups in total. The van der Waals surface area contributed by atoms with Crippen molar-refractivity contribution in [3.8, 4) is 11.1 Å². The molecule has 0 bridgehead atoms. The van der Waals surface area contributed by atoms with Crippen molar-refractivity contribution in [2.24, 2.45) is 5.92 Å². The van der Waals surface area contributed by atoms with E-state index in [4.69, 9.17) is 11.6 Å². The number of imidazole rings is 1. The standard InChI is InChI=1S/C35H40ClN5O6S2/c1-2-3-13-31-39-34(36)29(22-42)41(31)21-25-14-16-26(17-15-25)28-11-7-8-12-30(28)49(46,47)40-33(44)20-37-32(43)19-38-35(45)27(23-48)18-24-9-5-4-6-10-24/h4-12,14-17,27,42,48H,2-3,13,18-23H2,1H3,(H,37,43)(H,38,45)(H,40,44). The van der Waals surface area contributed by atoms with E-state index in [1.165, 1.54) is 6.07 Å². The molecule has 14 heteroatoms. The molecule has 0 saturated heterocycles. The van der Waals surface area contributed by atoms with Gasteiger partial charge in [0, 0.05) is 24.3 Å². The number of aliphatic hydroxyl groups is 1. The first-order valence-corrected chi connectivity index (χ1v) is 18.3. The number of amides is 3. The van der Waals surface area contributed by atoms with Crippen molar-refractivity contribution in [3.63, 3.8) is 0 Å². The molecule has 0 radical (unpaired) electrons. The summed E-state index contributed by atoms with van der Waals surface area (Å²) in [7, 11) is -4.32. The summed E-state index contributed by atoms with van der Waals surface area (Å²) in [5.74, 6) is -1.35. The Morgan fingerprint density at radius 2 is 1.59 bits per heavy atom. The zero-order valence-electron chi connectivity index (χ0n) is 27.1. The van der Waals surface area contributed by atoms with Crippen LogP contribution in [0.1, 0.15) is 42.4 Å². The minimum atomic E-state index is -4.32. The second-order valence-electron chi connectivity index (χ2n) is 11.4. The predicted molar refractivity (Wildman–Crippen MR) is 192 cm³/mol. The predicted octanol–water partition coefficient (Wildman–Crippen LogP) is 3.91. The van der Waals surface area contributed by atoms with Crippen LogP contribution in [0, 0.1) is 5.92 Å². The van der Waals surface area contributed by atoms with E-state index in [1.807, 2.05) is 51.8 Å². The Labute approximate surface area is 296 Å². The number of nitrogens with one attached hydrogen (secondary N) is 3. The number of halogens is 1. The molecule has 11 nitrogen and oxygen atoms in total. The lowest BCUT2D eigenvalue weighted by atomic mass is 10.0. The molecule has 1 heterocycles. The number of aliphatic hydroxyl groups excluding tert-OH is 1. The van der Waals surface area contributed by atoms with Crippen molar-refractivity contribution in [3.05, 3.63) is 107 Å². The first-order valence-electron chi connectivity index (χ1n) is 15.8. The van der Waals surface area contributed by atoms with Gasteiger partial charge in [-0.3, -0.25) is 14.4 Å². The van der Waals surface area contributed by atoms with Crippen molar-refractivity contribution in [1.82, 2.24) is 24.9 Å². The summed E-state index contributed by atoms with van der Waals surface area (Å²) in [6, 6.07) is 22.9. The number of aromatic nitrogens is 2. The number of hydrogen-bond acceptors (Lipinski definition) is 8. The van der Waals surface area contributed by atoms with E-state index >= 15 is 0 Å². The van der Waals surface area contributed by atoms with E-state index < -0.39 is 34.3 Å². The number of unbranched alkanes of at least 4 members (excludes halogenated alkanes) is 1. The van der Waals surface area contributed by atoms with Gasteiger partial charge in [-0.1, -0.05) is 97.7 Å². The Balaban J connectivity index is 1.35. The molecule has 3 aromatic carbocycles. The largest absolute Gasteiger partial charge is 0.390 e. The molecule has 49 heavy (non-hydrogen) atoms. The van der Waals surface area contributed by atoms with Crippen LogP contribution in [0.15, 0.2) is 83.8 Å². The summed E-state index contributed by atoms with van der Waals surface area (Å²) >= 11 is 10.5. The average Bonchev–Trinajstić information content (AvgIpc) is 3.41. The van der Waals surface area contributed by atoms with Gasteiger partial charge in [0.15, 0.2) is 5.15 Å². The third-order valence-corrected chi connectivity index (χ3v) is 10.00. The zero-order valence-corrected chi connectivity index (χ0v) is 29.5. The maximum Gasteiger partial charge on any atom is 0.264 e. The SMILES string of the molecule is CCCCc1nc(Cl)c(CO)n1Cc1ccc(-c2ccccc2S(=O)(=O)NC(=O)CNC(=O)CNC(=O)C(CS)Cc2ccccc2)cc1. The number of carbonyl (C=O) groups excluding carboxylic acids is 3. The van der Waals surface area contributed by atoms with Crippen LogP contribution in [0.25, 0.3) is 11.1 Å². The quantitative estimate of drug-likeness (QED) is 0.103. The number of carbonyl (C=O) groups is 3. The van der Waals surface area contributed by atoms with E-state index in [0.29, 0.717) is 29.8 Å². The first kappa shape index (κ1) is 37.6. The minimum absolute atomic E-state index is 0.114. The van der Waals surface area contributed by atoms with Gasteiger partial charge in [0.2, 0.25) is 11.8 Å². The topological polar surface area (TPSA) is 159 Å². The molecule has 0 aliphatic rings. The van der Waals surface area contributed by atoms with E-state index in [1.54, 1.807) is 30.3 Å². The van der Waals surface area contributed by atoms with Crippen LogP contribution in [-0.4, -0.2) is 59.6 Å². The summed E-state index contributed by atoms with van der Waals surface area (Å²) in [6.45, 7) is 1.26. The van der Waals surface area contributed by atoms with E-state index in [9.17, 15) is 27.9 Å². The fraction of sp³-hybridized carbons (Fsp3) is 0.314. The van der Waals surface area contributed by atoms with Gasteiger partial charge in [0.05, 0.1) is 36.2 Å². The Hall–Kier alpha value is -4.17. The third-order valence-electron chi connectivity index (χ3n) is 7.82. The third kappa shape index (κ3) is 10.4. The van der Waals surface area contributed by atoms with Crippen LogP contribution >= 0.6 is 24.2 Å². The lowest BCUT2D eigenvalue weighted by Crippen LogP contribution is -2.44. The lowest BCUT2D eigenvalue weighted by molar-refractivity contribution is -0.128. The van der Waals surface area contributed by atoms with Gasteiger partial charge >= 0.3 is 0 Å². The number of nitrogens with zero attached hydrogens (tertiary/aromatic N) is 2. The van der Waals surface area contributed by atoms with Crippen molar-refractivity contribution in [1.29, 1.82) is 0 Å². The molecule has 3 amide bonds. The second kappa shape index (κ2) is 18.0. The molecule has 0 aliphatic carbocycles. The number of sulfonamides is 1. The van der Waals surface area contributed by atoms with Gasteiger partial charge in [-0.05, 0) is 35.6 Å². The highest BCUT2D eigenvalue weighted by Gasteiger charge is 2.23. The Kier molecular flexibility index (Phi) is 13.8. The fourth-order valence-electron chi connectivity index (χ4n) is 5.21.